The van der Waals surface area contributed by atoms with Crippen LogP contribution in [0, 0.1) is 29.6 Å². The van der Waals surface area contributed by atoms with Crippen LogP contribution < -0.4 is 0 Å². The van der Waals surface area contributed by atoms with Crippen LogP contribution in [-0.4, -0.2) is 40.9 Å². The van der Waals surface area contributed by atoms with Gasteiger partial charge in [0.25, 0.3) is 0 Å². The summed E-state index contributed by atoms with van der Waals surface area (Å²) in [7, 11) is 0. The zero-order valence-corrected chi connectivity index (χ0v) is 22.8. The van der Waals surface area contributed by atoms with Crippen LogP contribution in [0.4, 0.5) is 8.78 Å². The van der Waals surface area contributed by atoms with E-state index in [0.29, 0.717) is 26.1 Å². The standard InChI is InChI=1S/C32H36F2O3S/c1-3-32(33,34)31(35)15-13-27-25-11-6-21-18-30(36-16-17-37-30)14-12-24(21)28(25)26(19-29(27,31)2)20-4-7-22(8-5-20)38-23-9-10-23/h1,4-5,7-8,18,23,25-27,35H,6,9-17,19H2,2H3/t25?,26?,27?,29-,31-/m0/s1. The lowest BCUT2D eigenvalue weighted by Gasteiger charge is -2.55. The Morgan fingerprint density at radius 1 is 1.05 bits per heavy atom. The summed E-state index contributed by atoms with van der Waals surface area (Å²) >= 11 is 1.93. The van der Waals surface area contributed by atoms with Gasteiger partial charge in [-0.3, -0.25) is 0 Å². The van der Waals surface area contributed by atoms with Crippen molar-refractivity contribution in [3.05, 3.63) is 52.6 Å². The summed E-state index contributed by atoms with van der Waals surface area (Å²) in [5.74, 6) is -2.38. The molecule has 6 aliphatic rings. The summed E-state index contributed by atoms with van der Waals surface area (Å²) < 4.78 is 42.6. The van der Waals surface area contributed by atoms with E-state index in [9.17, 15) is 5.11 Å². The van der Waals surface area contributed by atoms with Gasteiger partial charge in [0.05, 0.1) is 13.2 Å². The van der Waals surface area contributed by atoms with E-state index in [1.54, 1.807) is 5.92 Å². The fourth-order valence-electron chi connectivity index (χ4n) is 8.58. The fraction of sp³-hybridized carbons (Fsp3) is 0.625. The van der Waals surface area contributed by atoms with Crippen LogP contribution in [0.5, 0.6) is 0 Å². The highest BCUT2D eigenvalue weighted by Gasteiger charge is 2.71. The van der Waals surface area contributed by atoms with Crippen LogP contribution >= 0.6 is 11.8 Å². The number of aliphatic hydroxyl groups is 1. The van der Waals surface area contributed by atoms with E-state index in [0.717, 1.165) is 36.5 Å². The molecule has 1 heterocycles. The molecule has 3 unspecified atom stereocenters. The zero-order valence-electron chi connectivity index (χ0n) is 22.0. The number of benzene rings is 1. The Morgan fingerprint density at radius 3 is 2.47 bits per heavy atom. The minimum atomic E-state index is -3.56. The largest absolute Gasteiger partial charge is 0.382 e. The van der Waals surface area contributed by atoms with Crippen LogP contribution in [0.15, 0.2) is 52.0 Å². The third-order valence-corrected chi connectivity index (χ3v) is 12.0. The molecule has 5 atom stereocenters. The van der Waals surface area contributed by atoms with E-state index in [1.807, 2.05) is 18.7 Å². The summed E-state index contributed by atoms with van der Waals surface area (Å²) in [5, 5.41) is 12.4. The van der Waals surface area contributed by atoms with Gasteiger partial charge in [0.1, 0.15) is 5.60 Å². The van der Waals surface area contributed by atoms with Gasteiger partial charge >= 0.3 is 5.92 Å². The molecule has 1 saturated heterocycles. The highest BCUT2D eigenvalue weighted by atomic mass is 32.2. The lowest BCUT2D eigenvalue weighted by atomic mass is 9.50. The van der Waals surface area contributed by atoms with Gasteiger partial charge in [0, 0.05) is 27.9 Å². The van der Waals surface area contributed by atoms with Gasteiger partial charge in [-0.25, -0.2) is 0 Å². The number of allylic oxidation sites excluding steroid dienone is 3. The number of thioether (sulfide) groups is 1. The predicted molar refractivity (Wildman–Crippen MR) is 144 cm³/mol. The van der Waals surface area contributed by atoms with Crippen molar-refractivity contribution in [3.63, 3.8) is 0 Å². The summed E-state index contributed by atoms with van der Waals surface area (Å²) in [5.41, 5.74) is 2.08. The van der Waals surface area contributed by atoms with E-state index in [2.05, 4.69) is 30.3 Å². The minimum absolute atomic E-state index is 0.0217. The fourth-order valence-corrected chi connectivity index (χ4v) is 9.63. The quantitative estimate of drug-likeness (QED) is 0.419. The SMILES string of the molecule is C#CC(F)(F)[C@]1(O)CCC2C3CCC4=CC5(CCC4=C3C(c3ccc(SC4CC4)cc3)C[C@@]21C)OCCO5. The monoisotopic (exact) mass is 538 g/mol. The van der Waals surface area contributed by atoms with E-state index in [-0.39, 0.29) is 24.2 Å². The van der Waals surface area contributed by atoms with Crippen molar-refractivity contribution < 1.29 is 23.4 Å². The number of rotatable bonds is 4. The molecule has 0 bridgehead atoms. The van der Waals surface area contributed by atoms with E-state index < -0.39 is 22.7 Å². The van der Waals surface area contributed by atoms with Crippen molar-refractivity contribution in [2.75, 3.05) is 13.2 Å². The molecule has 0 radical (unpaired) electrons. The van der Waals surface area contributed by atoms with Gasteiger partial charge in [0.15, 0.2) is 5.79 Å². The lowest BCUT2D eigenvalue weighted by Crippen LogP contribution is -2.60. The molecule has 6 heteroatoms. The van der Waals surface area contributed by atoms with Crippen molar-refractivity contribution in [3.8, 4) is 12.3 Å². The molecule has 4 fully saturated rings. The van der Waals surface area contributed by atoms with E-state index >= 15 is 8.78 Å². The van der Waals surface area contributed by atoms with Gasteiger partial charge < -0.3 is 14.6 Å². The Bertz CT molecular complexity index is 1240. The number of ether oxygens (including phenoxy) is 2. The van der Waals surface area contributed by atoms with Crippen molar-refractivity contribution >= 4 is 11.8 Å². The zero-order chi connectivity index (χ0) is 26.3. The molecule has 0 amide bonds. The topological polar surface area (TPSA) is 38.7 Å². The first-order valence-corrected chi connectivity index (χ1v) is 15.1. The first-order chi connectivity index (χ1) is 18.2. The van der Waals surface area contributed by atoms with Gasteiger partial charge in [-0.1, -0.05) is 24.6 Å². The smallest absolute Gasteiger partial charge is 0.336 e. The maximum Gasteiger partial charge on any atom is 0.336 e. The van der Waals surface area contributed by atoms with E-state index in [1.165, 1.54) is 34.5 Å². The molecular formula is C32H36F2O3S. The number of terminal acetylenes is 1. The van der Waals surface area contributed by atoms with Gasteiger partial charge in [-0.05, 0) is 104 Å². The Hall–Kier alpha value is -1.65. The van der Waals surface area contributed by atoms with Crippen LogP contribution in [0.25, 0.3) is 0 Å². The Labute approximate surface area is 228 Å². The van der Waals surface area contributed by atoms with Crippen molar-refractivity contribution in [2.24, 2.45) is 17.3 Å². The van der Waals surface area contributed by atoms with Gasteiger partial charge in [-0.2, -0.15) is 8.78 Å². The first kappa shape index (κ1) is 25.3. The molecule has 1 N–H and O–H groups in total. The van der Waals surface area contributed by atoms with Crippen molar-refractivity contribution in [2.45, 2.75) is 98.1 Å². The highest BCUT2D eigenvalue weighted by Crippen LogP contribution is 2.69. The molecule has 1 aromatic carbocycles. The summed E-state index contributed by atoms with van der Waals surface area (Å²) in [6.07, 6.45) is 14.6. The predicted octanol–water partition coefficient (Wildman–Crippen LogP) is 7.01. The molecule has 1 aliphatic heterocycles. The van der Waals surface area contributed by atoms with Crippen molar-refractivity contribution in [1.29, 1.82) is 0 Å². The summed E-state index contributed by atoms with van der Waals surface area (Å²) in [6.45, 7) is 3.13. The highest BCUT2D eigenvalue weighted by molar-refractivity contribution is 8.00. The lowest BCUT2D eigenvalue weighted by molar-refractivity contribution is -0.209. The van der Waals surface area contributed by atoms with Gasteiger partial charge in [-0.15, -0.1) is 18.2 Å². The minimum Gasteiger partial charge on any atom is -0.382 e. The normalized spacial score (nSPS) is 37.9. The molecule has 38 heavy (non-hydrogen) atoms. The maximum absolute atomic E-state index is 15.3. The van der Waals surface area contributed by atoms with Crippen molar-refractivity contribution in [1.82, 2.24) is 0 Å². The molecule has 202 valence electrons. The second-order valence-electron chi connectivity index (χ2n) is 12.5. The van der Waals surface area contributed by atoms with E-state index in [4.69, 9.17) is 15.9 Å². The van der Waals surface area contributed by atoms with Crippen LogP contribution in [0.1, 0.15) is 76.2 Å². The van der Waals surface area contributed by atoms with Crippen LogP contribution in [-0.2, 0) is 9.47 Å². The van der Waals surface area contributed by atoms with Gasteiger partial charge in [0.2, 0.25) is 0 Å². The Balaban J connectivity index is 1.34. The summed E-state index contributed by atoms with van der Waals surface area (Å²) in [6, 6.07) is 8.78. The molecule has 5 aliphatic carbocycles. The third-order valence-electron chi connectivity index (χ3n) is 10.6. The molecule has 3 nitrogen and oxygen atoms in total. The number of fused-ring (bicyclic) bond motifs is 4. The molecule has 1 spiro atoms. The second kappa shape index (κ2) is 8.67. The molecular weight excluding hydrogens is 502 g/mol. The maximum atomic E-state index is 15.3. The number of hydrogen-bond donors (Lipinski definition) is 1. The number of alkyl halides is 2. The molecule has 0 aromatic heterocycles. The second-order valence-corrected chi connectivity index (χ2v) is 13.9. The Morgan fingerprint density at radius 2 is 1.79 bits per heavy atom. The number of halogens is 2. The third kappa shape index (κ3) is 3.65. The molecule has 1 aromatic rings. The molecule has 3 saturated carbocycles. The van der Waals surface area contributed by atoms with Crippen LogP contribution in [0.2, 0.25) is 0 Å². The van der Waals surface area contributed by atoms with Crippen LogP contribution in [0.3, 0.4) is 0 Å². The molecule has 7 rings (SSSR count). The average molecular weight is 539 g/mol. The summed E-state index contributed by atoms with van der Waals surface area (Å²) in [4.78, 5) is 1.26. The number of hydrogen-bond acceptors (Lipinski definition) is 4. The Kier molecular flexibility index (Phi) is 5.78. The average Bonchev–Trinajstić information content (AvgIpc) is 3.54. The first-order valence-electron chi connectivity index (χ1n) is 14.3.